The summed E-state index contributed by atoms with van der Waals surface area (Å²) in [4.78, 5) is 16.8. The van der Waals surface area contributed by atoms with E-state index in [2.05, 4.69) is 5.32 Å². The first-order valence-corrected chi connectivity index (χ1v) is 6.54. The van der Waals surface area contributed by atoms with Gasteiger partial charge in [0, 0.05) is 19.1 Å². The summed E-state index contributed by atoms with van der Waals surface area (Å²) in [5.74, 6) is 0. The fourth-order valence-electron chi connectivity index (χ4n) is 2.11. The maximum atomic E-state index is 11.7. The zero-order chi connectivity index (χ0) is 13.5. The molecule has 19 heavy (non-hydrogen) atoms. The Morgan fingerprint density at radius 1 is 1.32 bits per heavy atom. The number of carbonyl (C=O) groups excluding carboxylic acids is 1. The molecule has 2 rings (SSSR count). The van der Waals surface area contributed by atoms with Gasteiger partial charge in [-0.1, -0.05) is 30.3 Å². The molecule has 0 aliphatic carbocycles. The molecule has 1 aliphatic heterocycles. The van der Waals surface area contributed by atoms with Gasteiger partial charge in [-0.15, -0.1) is 0 Å². The van der Waals surface area contributed by atoms with Crippen LogP contribution in [0.4, 0.5) is 4.79 Å². The van der Waals surface area contributed by atoms with Crippen molar-refractivity contribution in [1.29, 1.82) is 0 Å². The first-order valence-electron chi connectivity index (χ1n) is 6.54. The van der Waals surface area contributed by atoms with Gasteiger partial charge in [0.15, 0.2) is 0 Å². The quantitative estimate of drug-likeness (QED) is 0.903. The van der Waals surface area contributed by atoms with Gasteiger partial charge in [-0.05, 0) is 18.4 Å². The molecule has 0 radical (unpaired) electrons. The molecule has 1 fully saturated rings. The van der Waals surface area contributed by atoms with E-state index in [4.69, 9.17) is 9.57 Å². The molecule has 1 aromatic carbocycles. The van der Waals surface area contributed by atoms with Crippen molar-refractivity contribution in [2.75, 3.05) is 20.2 Å². The molecule has 5 nitrogen and oxygen atoms in total. The van der Waals surface area contributed by atoms with E-state index in [0.29, 0.717) is 6.61 Å². The number of nitrogens with one attached hydrogen (secondary N) is 1. The molecule has 1 N–H and O–H groups in total. The summed E-state index contributed by atoms with van der Waals surface area (Å²) in [5, 5.41) is 4.79. The summed E-state index contributed by atoms with van der Waals surface area (Å²) in [6, 6.07) is 9.84. The normalized spacial score (nSPS) is 17.1. The van der Waals surface area contributed by atoms with Crippen LogP contribution in [-0.2, 0) is 16.2 Å². The molecular weight excluding hydrogens is 244 g/mol. The number of rotatable bonds is 4. The summed E-state index contributed by atoms with van der Waals surface area (Å²) >= 11 is 0. The van der Waals surface area contributed by atoms with E-state index < -0.39 is 0 Å². The van der Waals surface area contributed by atoms with E-state index in [1.165, 1.54) is 0 Å². The molecule has 1 amide bonds. The van der Waals surface area contributed by atoms with Crippen molar-refractivity contribution < 1.29 is 14.4 Å². The number of carbonyl (C=O) groups is 1. The van der Waals surface area contributed by atoms with Crippen LogP contribution in [0.15, 0.2) is 30.3 Å². The lowest BCUT2D eigenvalue weighted by Crippen LogP contribution is -2.44. The molecule has 0 aromatic heterocycles. The molecule has 0 unspecified atom stereocenters. The number of ether oxygens (including phenoxy) is 1. The third-order valence-electron chi connectivity index (χ3n) is 3.25. The number of hydrogen-bond donors (Lipinski definition) is 1. The predicted octanol–water partition coefficient (Wildman–Crippen LogP) is 1.94. The van der Waals surface area contributed by atoms with E-state index in [-0.39, 0.29) is 12.1 Å². The van der Waals surface area contributed by atoms with E-state index in [9.17, 15) is 4.79 Å². The van der Waals surface area contributed by atoms with Crippen LogP contribution in [0.2, 0.25) is 0 Å². The summed E-state index contributed by atoms with van der Waals surface area (Å²) < 4.78 is 5.19. The third kappa shape index (κ3) is 4.54. The van der Waals surface area contributed by atoms with Gasteiger partial charge in [0.05, 0.1) is 7.11 Å². The second kappa shape index (κ2) is 7.11. The average Bonchev–Trinajstić information content (AvgIpc) is 2.47. The minimum atomic E-state index is -0.347. The van der Waals surface area contributed by atoms with Gasteiger partial charge in [0.1, 0.15) is 6.61 Å². The van der Waals surface area contributed by atoms with Crippen molar-refractivity contribution in [3.63, 3.8) is 0 Å². The minimum absolute atomic E-state index is 0.176. The standard InChI is InChI=1S/C14H20N2O3/c1-18-16-9-7-13(8-10-16)15-14(17)19-11-12-5-3-2-4-6-12/h2-6,13H,7-11H2,1H3,(H,15,17). The fourth-order valence-corrected chi connectivity index (χ4v) is 2.11. The number of nitrogens with zero attached hydrogens (tertiary/aromatic N) is 1. The lowest BCUT2D eigenvalue weighted by atomic mass is 10.1. The van der Waals surface area contributed by atoms with Crippen LogP contribution in [0.1, 0.15) is 18.4 Å². The Morgan fingerprint density at radius 3 is 2.63 bits per heavy atom. The number of amides is 1. The van der Waals surface area contributed by atoms with Gasteiger partial charge in [-0.3, -0.25) is 0 Å². The molecule has 104 valence electrons. The Labute approximate surface area is 113 Å². The fraction of sp³-hybridized carbons (Fsp3) is 0.500. The van der Waals surface area contributed by atoms with Crippen LogP contribution in [0, 0.1) is 0 Å². The van der Waals surface area contributed by atoms with Crippen LogP contribution in [0.3, 0.4) is 0 Å². The van der Waals surface area contributed by atoms with Crippen LogP contribution < -0.4 is 5.32 Å². The summed E-state index contributed by atoms with van der Waals surface area (Å²) in [7, 11) is 1.67. The van der Waals surface area contributed by atoms with E-state index in [0.717, 1.165) is 31.5 Å². The molecule has 1 heterocycles. The summed E-state index contributed by atoms with van der Waals surface area (Å²) in [5.41, 5.74) is 0.992. The molecule has 1 aliphatic rings. The largest absolute Gasteiger partial charge is 0.445 e. The highest BCUT2D eigenvalue weighted by Crippen LogP contribution is 2.10. The Balaban J connectivity index is 1.67. The lowest BCUT2D eigenvalue weighted by Gasteiger charge is -2.30. The molecule has 0 spiro atoms. The number of hydroxylamine groups is 2. The second-order valence-electron chi connectivity index (χ2n) is 4.59. The minimum Gasteiger partial charge on any atom is -0.445 e. The van der Waals surface area contributed by atoms with Crippen LogP contribution in [0.25, 0.3) is 0 Å². The van der Waals surface area contributed by atoms with E-state index in [1.54, 1.807) is 7.11 Å². The topological polar surface area (TPSA) is 50.8 Å². The van der Waals surface area contributed by atoms with Crippen LogP contribution in [-0.4, -0.2) is 37.4 Å². The number of benzene rings is 1. The van der Waals surface area contributed by atoms with Gasteiger partial charge in [0.2, 0.25) is 0 Å². The van der Waals surface area contributed by atoms with E-state index in [1.807, 2.05) is 35.4 Å². The first-order chi connectivity index (χ1) is 9.28. The Bertz CT molecular complexity index is 389. The highest BCUT2D eigenvalue weighted by molar-refractivity contribution is 5.67. The van der Waals surface area contributed by atoms with Gasteiger partial charge >= 0.3 is 6.09 Å². The smallest absolute Gasteiger partial charge is 0.407 e. The van der Waals surface area contributed by atoms with Gasteiger partial charge in [0.25, 0.3) is 0 Å². The van der Waals surface area contributed by atoms with E-state index >= 15 is 0 Å². The van der Waals surface area contributed by atoms with Gasteiger partial charge in [-0.2, -0.15) is 5.06 Å². The molecule has 0 saturated carbocycles. The Morgan fingerprint density at radius 2 is 2.00 bits per heavy atom. The molecule has 0 bridgehead atoms. The summed E-state index contributed by atoms with van der Waals surface area (Å²) in [6.45, 7) is 1.98. The zero-order valence-electron chi connectivity index (χ0n) is 11.2. The van der Waals surface area contributed by atoms with Crippen molar-refractivity contribution in [1.82, 2.24) is 10.4 Å². The Hall–Kier alpha value is -1.59. The predicted molar refractivity (Wildman–Crippen MR) is 71.4 cm³/mol. The number of hydrogen-bond acceptors (Lipinski definition) is 4. The molecular formula is C14H20N2O3. The van der Waals surface area contributed by atoms with Crippen molar-refractivity contribution in [3.05, 3.63) is 35.9 Å². The van der Waals surface area contributed by atoms with Crippen molar-refractivity contribution in [2.45, 2.75) is 25.5 Å². The number of piperidine rings is 1. The average molecular weight is 264 g/mol. The molecule has 0 atom stereocenters. The summed E-state index contributed by atoms with van der Waals surface area (Å²) in [6.07, 6.45) is 1.42. The first kappa shape index (κ1) is 13.8. The van der Waals surface area contributed by atoms with Crippen molar-refractivity contribution in [3.8, 4) is 0 Å². The number of alkyl carbamates (subject to hydrolysis) is 1. The monoisotopic (exact) mass is 264 g/mol. The van der Waals surface area contributed by atoms with Crippen molar-refractivity contribution in [2.24, 2.45) is 0 Å². The van der Waals surface area contributed by atoms with Crippen LogP contribution in [0.5, 0.6) is 0 Å². The maximum Gasteiger partial charge on any atom is 0.407 e. The van der Waals surface area contributed by atoms with Crippen molar-refractivity contribution >= 4 is 6.09 Å². The highest BCUT2D eigenvalue weighted by Gasteiger charge is 2.20. The lowest BCUT2D eigenvalue weighted by molar-refractivity contribution is -0.144. The SMILES string of the molecule is CON1CCC(NC(=O)OCc2ccccc2)CC1. The second-order valence-corrected chi connectivity index (χ2v) is 4.59. The van der Waals surface area contributed by atoms with Gasteiger partial charge < -0.3 is 14.9 Å². The third-order valence-corrected chi connectivity index (χ3v) is 3.25. The highest BCUT2D eigenvalue weighted by atomic mass is 16.7. The molecule has 1 aromatic rings. The zero-order valence-corrected chi connectivity index (χ0v) is 11.2. The molecule has 5 heteroatoms. The maximum absolute atomic E-state index is 11.7. The van der Waals surface area contributed by atoms with Crippen LogP contribution >= 0.6 is 0 Å². The Kier molecular flexibility index (Phi) is 5.18. The van der Waals surface area contributed by atoms with Gasteiger partial charge in [-0.25, -0.2) is 4.79 Å². The molecule has 1 saturated heterocycles.